The molecule has 90 valence electrons. The molecule has 0 aliphatic heterocycles. The molecular formula is C12H14BrN3O. The molecule has 0 fully saturated rings. The van der Waals surface area contributed by atoms with Crippen LogP contribution in [0, 0.1) is 0 Å². The van der Waals surface area contributed by atoms with Crippen LogP contribution >= 0.6 is 15.9 Å². The van der Waals surface area contributed by atoms with Crippen molar-refractivity contribution in [2.75, 3.05) is 24.3 Å². The number of anilines is 2. The van der Waals surface area contributed by atoms with Gasteiger partial charge in [-0.1, -0.05) is 0 Å². The zero-order chi connectivity index (χ0) is 12.3. The van der Waals surface area contributed by atoms with Crippen molar-refractivity contribution in [2.24, 2.45) is 0 Å². The first-order valence-electron chi connectivity index (χ1n) is 5.26. The van der Waals surface area contributed by atoms with Crippen LogP contribution in [0.2, 0.25) is 0 Å². The van der Waals surface area contributed by atoms with Crippen LogP contribution in [0.5, 0.6) is 0 Å². The Morgan fingerprint density at radius 3 is 2.88 bits per heavy atom. The monoisotopic (exact) mass is 295 g/mol. The van der Waals surface area contributed by atoms with Crippen LogP contribution in [0.25, 0.3) is 0 Å². The van der Waals surface area contributed by atoms with Gasteiger partial charge in [0, 0.05) is 20.3 Å². The first kappa shape index (κ1) is 12.0. The molecule has 5 heteroatoms. The van der Waals surface area contributed by atoms with Gasteiger partial charge < -0.3 is 14.6 Å². The van der Waals surface area contributed by atoms with Gasteiger partial charge in [0.25, 0.3) is 0 Å². The van der Waals surface area contributed by atoms with E-state index in [1.165, 1.54) is 0 Å². The highest BCUT2D eigenvalue weighted by Gasteiger charge is 2.07. The SMILES string of the molecule is CN(C)c1ncccc1NCc1occc1Br. The molecule has 4 nitrogen and oxygen atoms in total. The lowest BCUT2D eigenvalue weighted by Gasteiger charge is -2.16. The number of rotatable bonds is 4. The molecule has 0 amide bonds. The highest BCUT2D eigenvalue weighted by molar-refractivity contribution is 9.10. The molecule has 0 aliphatic rings. The molecule has 17 heavy (non-hydrogen) atoms. The summed E-state index contributed by atoms with van der Waals surface area (Å²) < 4.78 is 6.32. The molecule has 0 unspecified atom stereocenters. The van der Waals surface area contributed by atoms with Crippen molar-refractivity contribution < 1.29 is 4.42 Å². The summed E-state index contributed by atoms with van der Waals surface area (Å²) in [6.45, 7) is 0.625. The second-order valence-electron chi connectivity index (χ2n) is 3.81. The number of nitrogens with zero attached hydrogens (tertiary/aromatic N) is 2. The molecule has 0 aliphatic carbocycles. The van der Waals surface area contributed by atoms with E-state index in [1.54, 1.807) is 12.5 Å². The van der Waals surface area contributed by atoms with Crippen LogP contribution in [-0.2, 0) is 6.54 Å². The maximum absolute atomic E-state index is 5.34. The summed E-state index contributed by atoms with van der Waals surface area (Å²) >= 11 is 3.43. The molecule has 0 spiro atoms. The van der Waals surface area contributed by atoms with Crippen molar-refractivity contribution in [3.05, 3.63) is 40.9 Å². The van der Waals surface area contributed by atoms with E-state index in [9.17, 15) is 0 Å². The van der Waals surface area contributed by atoms with Gasteiger partial charge in [0.15, 0.2) is 5.82 Å². The number of hydrogen-bond acceptors (Lipinski definition) is 4. The lowest BCUT2D eigenvalue weighted by Crippen LogP contribution is -2.13. The molecule has 0 saturated carbocycles. The zero-order valence-corrected chi connectivity index (χ0v) is 11.4. The van der Waals surface area contributed by atoms with Gasteiger partial charge in [0.05, 0.1) is 23.0 Å². The number of furan rings is 1. The first-order chi connectivity index (χ1) is 8.18. The summed E-state index contributed by atoms with van der Waals surface area (Å²) in [6.07, 6.45) is 3.44. The third-order valence-corrected chi connectivity index (χ3v) is 3.05. The van der Waals surface area contributed by atoms with Gasteiger partial charge in [-0.25, -0.2) is 4.98 Å². The Labute approximate surface area is 109 Å². The highest BCUT2D eigenvalue weighted by atomic mass is 79.9. The molecule has 0 bridgehead atoms. The number of halogens is 1. The number of hydrogen-bond donors (Lipinski definition) is 1. The Morgan fingerprint density at radius 2 is 2.24 bits per heavy atom. The molecule has 1 N–H and O–H groups in total. The van der Waals surface area contributed by atoms with E-state index in [0.717, 1.165) is 21.7 Å². The van der Waals surface area contributed by atoms with E-state index in [-0.39, 0.29) is 0 Å². The molecule has 0 aromatic carbocycles. The maximum Gasteiger partial charge on any atom is 0.151 e. The quantitative estimate of drug-likeness (QED) is 0.941. The Bertz CT molecular complexity index is 496. The highest BCUT2D eigenvalue weighted by Crippen LogP contribution is 2.23. The first-order valence-corrected chi connectivity index (χ1v) is 6.06. The van der Waals surface area contributed by atoms with Crippen molar-refractivity contribution in [2.45, 2.75) is 6.54 Å². The average molecular weight is 296 g/mol. The molecule has 0 atom stereocenters. The van der Waals surface area contributed by atoms with Crippen LogP contribution in [-0.4, -0.2) is 19.1 Å². The van der Waals surface area contributed by atoms with E-state index in [1.807, 2.05) is 37.2 Å². The topological polar surface area (TPSA) is 41.3 Å². The Kier molecular flexibility index (Phi) is 3.68. The molecule has 0 saturated heterocycles. The van der Waals surface area contributed by atoms with Gasteiger partial charge in [0.2, 0.25) is 0 Å². The summed E-state index contributed by atoms with van der Waals surface area (Å²) in [4.78, 5) is 6.29. The molecular weight excluding hydrogens is 282 g/mol. The van der Waals surface area contributed by atoms with Gasteiger partial charge in [-0.2, -0.15) is 0 Å². The van der Waals surface area contributed by atoms with E-state index >= 15 is 0 Å². The predicted octanol–water partition coefficient (Wildman–Crippen LogP) is 3.12. The van der Waals surface area contributed by atoms with Crippen molar-refractivity contribution in [1.82, 2.24) is 4.98 Å². The minimum Gasteiger partial charge on any atom is -0.466 e. The summed E-state index contributed by atoms with van der Waals surface area (Å²) in [5.74, 6) is 1.79. The molecule has 2 rings (SSSR count). The number of nitrogens with one attached hydrogen (secondary N) is 1. The van der Waals surface area contributed by atoms with Crippen LogP contribution in [0.1, 0.15) is 5.76 Å². The van der Waals surface area contributed by atoms with Gasteiger partial charge in [-0.3, -0.25) is 0 Å². The summed E-state index contributed by atoms with van der Waals surface area (Å²) in [6, 6.07) is 5.79. The van der Waals surface area contributed by atoms with Gasteiger partial charge in [-0.15, -0.1) is 0 Å². The van der Waals surface area contributed by atoms with Gasteiger partial charge in [-0.05, 0) is 34.1 Å². The van der Waals surface area contributed by atoms with E-state index in [4.69, 9.17) is 4.42 Å². The molecule has 0 radical (unpaired) electrons. The minimum absolute atomic E-state index is 0.625. The lowest BCUT2D eigenvalue weighted by molar-refractivity contribution is 0.516. The average Bonchev–Trinajstić information content (AvgIpc) is 2.72. The van der Waals surface area contributed by atoms with Gasteiger partial charge >= 0.3 is 0 Å². The van der Waals surface area contributed by atoms with Crippen molar-refractivity contribution >= 4 is 27.4 Å². The van der Waals surface area contributed by atoms with Crippen LogP contribution in [0.15, 0.2) is 39.5 Å². The summed E-state index contributed by atoms with van der Waals surface area (Å²) in [5.41, 5.74) is 0.987. The summed E-state index contributed by atoms with van der Waals surface area (Å²) in [5, 5.41) is 3.31. The molecule has 2 aromatic heterocycles. The third kappa shape index (κ3) is 2.79. The van der Waals surface area contributed by atoms with E-state index in [0.29, 0.717) is 6.54 Å². The Balaban J connectivity index is 2.11. The fourth-order valence-corrected chi connectivity index (χ4v) is 1.86. The maximum atomic E-state index is 5.34. The van der Waals surface area contributed by atoms with Crippen LogP contribution < -0.4 is 10.2 Å². The van der Waals surface area contributed by atoms with Crippen molar-refractivity contribution in [1.29, 1.82) is 0 Å². The van der Waals surface area contributed by atoms with E-state index < -0.39 is 0 Å². The zero-order valence-electron chi connectivity index (χ0n) is 9.77. The lowest BCUT2D eigenvalue weighted by atomic mass is 10.3. The fraction of sp³-hybridized carbons (Fsp3) is 0.250. The van der Waals surface area contributed by atoms with E-state index in [2.05, 4.69) is 26.2 Å². The molecule has 2 heterocycles. The largest absolute Gasteiger partial charge is 0.466 e. The Morgan fingerprint density at radius 1 is 1.41 bits per heavy atom. The fourth-order valence-electron chi connectivity index (χ4n) is 1.52. The van der Waals surface area contributed by atoms with Gasteiger partial charge in [0.1, 0.15) is 5.76 Å². The Hall–Kier alpha value is -1.49. The van der Waals surface area contributed by atoms with Crippen molar-refractivity contribution in [3.8, 4) is 0 Å². The number of aromatic nitrogens is 1. The normalized spacial score (nSPS) is 10.3. The third-order valence-electron chi connectivity index (χ3n) is 2.34. The smallest absolute Gasteiger partial charge is 0.151 e. The second-order valence-corrected chi connectivity index (χ2v) is 4.67. The standard InChI is InChI=1S/C12H14BrN3O/c1-16(2)12-10(4-3-6-14-12)15-8-11-9(13)5-7-17-11/h3-7,15H,8H2,1-2H3. The van der Waals surface area contributed by atoms with Crippen molar-refractivity contribution in [3.63, 3.8) is 0 Å². The van der Waals surface area contributed by atoms with Crippen LogP contribution in [0.4, 0.5) is 11.5 Å². The van der Waals surface area contributed by atoms with Crippen LogP contribution in [0.3, 0.4) is 0 Å². The number of pyridine rings is 1. The minimum atomic E-state index is 0.625. The second kappa shape index (κ2) is 5.23. The summed E-state index contributed by atoms with van der Waals surface area (Å²) in [7, 11) is 3.94. The predicted molar refractivity (Wildman–Crippen MR) is 72.3 cm³/mol. The molecule has 2 aromatic rings.